The molecule has 6 aliphatic carbocycles. The Labute approximate surface area is 355 Å². The van der Waals surface area contributed by atoms with Gasteiger partial charge < -0.3 is 4.90 Å². The largest absolute Gasteiger partial charge is 0.309 e. The monoisotopic (exact) mass is 785 g/mol. The van der Waals surface area contributed by atoms with Crippen LogP contribution in [0.2, 0.25) is 0 Å². The Bertz CT molecular complexity index is 2790. The van der Waals surface area contributed by atoms with Gasteiger partial charge in [-0.25, -0.2) is 0 Å². The number of nitrogens with zero attached hydrogens (tertiary/aromatic N) is 1. The summed E-state index contributed by atoms with van der Waals surface area (Å²) >= 11 is 2.06. The summed E-state index contributed by atoms with van der Waals surface area (Å²) in [5.74, 6) is 3.28. The van der Waals surface area contributed by atoms with E-state index in [4.69, 9.17) is 0 Å². The summed E-state index contributed by atoms with van der Waals surface area (Å²) in [6.07, 6.45) is 8.16. The minimum Gasteiger partial charge on any atom is -0.309 e. The Morgan fingerprint density at radius 1 is 0.542 bits per heavy atom. The van der Waals surface area contributed by atoms with E-state index in [1.165, 1.54) is 110 Å². The van der Waals surface area contributed by atoms with Crippen molar-refractivity contribution < 1.29 is 0 Å². The van der Waals surface area contributed by atoms with Gasteiger partial charge in [0, 0.05) is 32.0 Å². The van der Waals surface area contributed by atoms with E-state index in [1.54, 1.807) is 11.1 Å². The van der Waals surface area contributed by atoms with E-state index < -0.39 is 0 Å². The number of hydrogen-bond acceptors (Lipinski definition) is 2. The van der Waals surface area contributed by atoms with Crippen LogP contribution in [-0.4, -0.2) is 0 Å². The molecule has 6 unspecified atom stereocenters. The van der Waals surface area contributed by atoms with E-state index in [0.717, 1.165) is 23.7 Å². The first-order chi connectivity index (χ1) is 28.4. The number of anilines is 3. The van der Waals surface area contributed by atoms with Crippen LogP contribution in [0.25, 0.3) is 22.3 Å². The molecule has 0 aromatic heterocycles. The van der Waals surface area contributed by atoms with Crippen molar-refractivity contribution >= 4 is 28.8 Å². The van der Waals surface area contributed by atoms with Gasteiger partial charge in [-0.1, -0.05) is 144 Å². The predicted octanol–water partition coefficient (Wildman–Crippen LogP) is 15.3. The van der Waals surface area contributed by atoms with Gasteiger partial charge in [-0.05, 0) is 170 Å². The minimum atomic E-state index is -0.0907. The standard InChI is InChI=1S/C57H55NS/c1-53(2)26-27-54(3,4)46-32-38(21-24-43(46)53)58(37-20-22-41-40-16-10-11-17-42(40)55(5,6)45(41)31-37)47-25-23-39(35-14-8-7-9-15-35)51-52(47)59-48-19-13-12-18-44(48)57(51)49-29-34-28-36-30-50(57)56(36,49)33-34/h7-25,31-32,34,36,49-50H,26-30,33H2,1-6H3. The third-order valence-electron chi connectivity index (χ3n) is 17.8. The van der Waals surface area contributed by atoms with E-state index in [1.807, 2.05) is 0 Å². The maximum absolute atomic E-state index is 2.69. The minimum absolute atomic E-state index is 0.0408. The van der Waals surface area contributed by atoms with E-state index in [9.17, 15) is 0 Å². The van der Waals surface area contributed by atoms with Crippen molar-refractivity contribution in [2.24, 2.45) is 29.1 Å². The van der Waals surface area contributed by atoms with Gasteiger partial charge in [-0.2, -0.15) is 0 Å². The zero-order valence-electron chi connectivity index (χ0n) is 35.5. The molecule has 13 rings (SSSR count). The molecular formula is C57H55NS. The fraction of sp³-hybridized carbons (Fsp3) is 0.368. The number of benzene rings is 6. The van der Waals surface area contributed by atoms with Crippen LogP contribution in [0.5, 0.6) is 0 Å². The Balaban J connectivity index is 1.10. The normalized spacial score (nSPS) is 29.6. The van der Waals surface area contributed by atoms with Gasteiger partial charge in [-0.15, -0.1) is 0 Å². The quantitative estimate of drug-likeness (QED) is 0.175. The third-order valence-corrected chi connectivity index (χ3v) is 19.0. The molecular weight excluding hydrogens is 731 g/mol. The van der Waals surface area contributed by atoms with E-state index in [2.05, 4.69) is 186 Å². The fourth-order valence-corrected chi connectivity index (χ4v) is 16.5. The number of fused-ring (bicyclic) bond motifs is 11. The summed E-state index contributed by atoms with van der Waals surface area (Å²) in [7, 11) is 0. The lowest BCUT2D eigenvalue weighted by Gasteiger charge is -2.78. The zero-order chi connectivity index (χ0) is 39.8. The first-order valence-electron chi connectivity index (χ1n) is 22.6. The van der Waals surface area contributed by atoms with Gasteiger partial charge in [0.1, 0.15) is 0 Å². The van der Waals surface area contributed by atoms with Crippen LogP contribution in [0.1, 0.15) is 113 Å². The second-order valence-electron chi connectivity index (χ2n) is 21.6. The molecule has 7 aliphatic rings. The van der Waals surface area contributed by atoms with Crippen molar-refractivity contribution in [1.29, 1.82) is 0 Å². The third kappa shape index (κ3) is 4.25. The molecule has 4 saturated carbocycles. The van der Waals surface area contributed by atoms with E-state index in [-0.39, 0.29) is 21.7 Å². The Kier molecular flexibility index (Phi) is 6.83. The lowest BCUT2D eigenvalue weighted by molar-refractivity contribution is -0.234. The van der Waals surface area contributed by atoms with Crippen molar-refractivity contribution in [2.45, 2.75) is 112 Å². The van der Waals surface area contributed by atoms with Crippen LogP contribution in [0.15, 0.2) is 137 Å². The molecule has 2 spiro atoms. The molecule has 59 heavy (non-hydrogen) atoms. The van der Waals surface area contributed by atoms with Gasteiger partial charge in [-0.3, -0.25) is 0 Å². The Morgan fingerprint density at radius 2 is 1.19 bits per heavy atom. The van der Waals surface area contributed by atoms with Crippen LogP contribution >= 0.6 is 11.8 Å². The summed E-state index contributed by atoms with van der Waals surface area (Å²) in [6, 6.07) is 50.2. The maximum Gasteiger partial charge on any atom is 0.0604 e. The number of hydrogen-bond donors (Lipinski definition) is 0. The molecule has 1 heterocycles. The van der Waals surface area contributed by atoms with Crippen LogP contribution in [0.3, 0.4) is 0 Å². The molecule has 294 valence electrons. The Hall–Kier alpha value is -4.53. The fourth-order valence-electron chi connectivity index (χ4n) is 15.2. The smallest absolute Gasteiger partial charge is 0.0604 e. The number of rotatable bonds is 4. The maximum atomic E-state index is 2.69. The zero-order valence-corrected chi connectivity index (χ0v) is 36.3. The van der Waals surface area contributed by atoms with E-state index in [0.29, 0.717) is 5.41 Å². The molecule has 6 atom stereocenters. The SMILES string of the molecule is CC1(C)CCC(C)(C)c2cc(N(c3ccc4c(c3)C(C)(C)c3ccccc3-4)c3ccc(-c4ccccc4)c4c3Sc3ccccc3C43C4CC5CC6CC3C64C5)ccc21. The van der Waals surface area contributed by atoms with Gasteiger partial charge in [0.2, 0.25) is 0 Å². The van der Waals surface area contributed by atoms with Crippen molar-refractivity contribution in [3.8, 4) is 22.3 Å². The molecule has 1 aliphatic heterocycles. The van der Waals surface area contributed by atoms with Gasteiger partial charge >= 0.3 is 0 Å². The highest BCUT2D eigenvalue weighted by Gasteiger charge is 2.84. The molecule has 0 radical (unpaired) electrons. The average molecular weight is 786 g/mol. The molecule has 0 saturated heterocycles. The molecule has 6 aromatic carbocycles. The van der Waals surface area contributed by atoms with Crippen LogP contribution < -0.4 is 4.90 Å². The van der Waals surface area contributed by atoms with Crippen molar-refractivity contribution in [3.63, 3.8) is 0 Å². The van der Waals surface area contributed by atoms with E-state index >= 15 is 0 Å². The van der Waals surface area contributed by atoms with Crippen molar-refractivity contribution in [3.05, 3.63) is 161 Å². The highest BCUT2D eigenvalue weighted by molar-refractivity contribution is 7.99. The molecule has 2 heteroatoms. The summed E-state index contributed by atoms with van der Waals surface area (Å²) in [5, 5.41) is 0. The second kappa shape index (κ2) is 11.4. The topological polar surface area (TPSA) is 3.24 Å². The summed E-state index contributed by atoms with van der Waals surface area (Å²) in [4.78, 5) is 5.65. The second-order valence-corrected chi connectivity index (χ2v) is 22.6. The first-order valence-corrected chi connectivity index (χ1v) is 23.5. The first kappa shape index (κ1) is 35.2. The average Bonchev–Trinajstić information content (AvgIpc) is 3.85. The Morgan fingerprint density at radius 3 is 1.98 bits per heavy atom. The molecule has 6 aromatic rings. The lowest BCUT2D eigenvalue weighted by Crippen LogP contribution is -2.74. The molecule has 0 N–H and O–H groups in total. The van der Waals surface area contributed by atoms with Crippen LogP contribution in [0.4, 0.5) is 17.1 Å². The van der Waals surface area contributed by atoms with Gasteiger partial charge in [0.05, 0.1) is 5.69 Å². The van der Waals surface area contributed by atoms with Gasteiger partial charge in [0.25, 0.3) is 0 Å². The summed E-state index contributed by atoms with van der Waals surface area (Å²) in [5.41, 5.74) is 19.3. The molecule has 0 amide bonds. The van der Waals surface area contributed by atoms with Crippen LogP contribution in [0, 0.1) is 29.1 Å². The van der Waals surface area contributed by atoms with Crippen molar-refractivity contribution in [2.75, 3.05) is 4.90 Å². The molecule has 2 bridgehead atoms. The molecule has 4 fully saturated rings. The highest BCUT2D eigenvalue weighted by atomic mass is 32.2. The highest BCUT2D eigenvalue weighted by Crippen LogP contribution is 2.89. The summed E-state index contributed by atoms with van der Waals surface area (Å²) in [6.45, 7) is 14.7. The van der Waals surface area contributed by atoms with Gasteiger partial charge in [0.15, 0.2) is 0 Å². The lowest BCUT2D eigenvalue weighted by atomic mass is 9.26. The predicted molar refractivity (Wildman–Crippen MR) is 246 cm³/mol. The summed E-state index contributed by atoms with van der Waals surface area (Å²) < 4.78 is 0. The van der Waals surface area contributed by atoms with Crippen molar-refractivity contribution in [1.82, 2.24) is 0 Å². The molecule has 1 nitrogen and oxygen atoms in total. The van der Waals surface area contributed by atoms with Crippen LogP contribution in [-0.2, 0) is 21.7 Å².